The number of rotatable bonds is 13. The van der Waals surface area contributed by atoms with Gasteiger partial charge in [0.2, 0.25) is 0 Å². The molecule has 0 amide bonds. The Bertz CT molecular complexity index is 826. The van der Waals surface area contributed by atoms with Crippen molar-refractivity contribution < 1.29 is 19.0 Å². The molecule has 6 heteroatoms. The zero-order valence-corrected chi connectivity index (χ0v) is 19.2. The first-order valence-corrected chi connectivity index (χ1v) is 12.8. The van der Waals surface area contributed by atoms with Crippen LogP contribution in [0.2, 0.25) is 0 Å². The van der Waals surface area contributed by atoms with Gasteiger partial charge < -0.3 is 19.9 Å². The maximum Gasteiger partial charge on any atom is 0.319 e. The molecule has 0 unspecified atom stereocenters. The number of carbonyl (C=O) groups is 1. The molecule has 0 saturated carbocycles. The Balaban J connectivity index is 1.67. The van der Waals surface area contributed by atoms with E-state index in [4.69, 9.17) is 19.9 Å². The van der Waals surface area contributed by atoms with Crippen molar-refractivity contribution in [2.24, 2.45) is 5.73 Å². The Hall–Kier alpha value is -2.56. The molecule has 0 bridgehead atoms. The van der Waals surface area contributed by atoms with Crippen LogP contribution in [0.25, 0.3) is 0 Å². The Morgan fingerprint density at radius 2 is 1.03 bits per heavy atom. The molecule has 0 atom stereocenters. The second-order valence-electron chi connectivity index (χ2n) is 7.19. The van der Waals surface area contributed by atoms with Gasteiger partial charge in [-0.1, -0.05) is 54.6 Å². The highest BCUT2D eigenvalue weighted by molar-refractivity contribution is 7.95. The molecule has 0 aliphatic rings. The molecule has 3 aromatic carbocycles. The summed E-state index contributed by atoms with van der Waals surface area (Å²) in [6.07, 6.45) is 0.902. The average Bonchev–Trinajstić information content (AvgIpc) is 2.87. The van der Waals surface area contributed by atoms with Crippen molar-refractivity contribution in [1.82, 2.24) is 0 Å². The van der Waals surface area contributed by atoms with E-state index < -0.39 is 13.2 Å². The predicted molar refractivity (Wildman–Crippen MR) is 132 cm³/mol. The third-order valence-electron chi connectivity index (χ3n) is 5.19. The van der Waals surface area contributed by atoms with Crippen molar-refractivity contribution in [3.63, 3.8) is 0 Å². The summed E-state index contributed by atoms with van der Waals surface area (Å²) in [6, 6.07) is 32.3. The first kappa shape index (κ1) is 24.1. The fraction of sp³-hybridized carbons (Fsp3) is 0.269. The molecule has 5 nitrogen and oxygen atoms in total. The maximum atomic E-state index is 11.0. The smallest absolute Gasteiger partial charge is 0.319 e. The van der Waals surface area contributed by atoms with E-state index in [0.29, 0.717) is 26.4 Å². The summed E-state index contributed by atoms with van der Waals surface area (Å²) in [5.74, 6) is -0.423. The van der Waals surface area contributed by atoms with Gasteiger partial charge in [0.05, 0.1) is 39.1 Å². The molecular formula is C26H31NO4P+. The highest BCUT2D eigenvalue weighted by Crippen LogP contribution is 2.54. The lowest BCUT2D eigenvalue weighted by Crippen LogP contribution is -2.34. The summed E-state index contributed by atoms with van der Waals surface area (Å²) in [4.78, 5) is 11.0. The predicted octanol–water partition coefficient (Wildman–Crippen LogP) is 2.52. The van der Waals surface area contributed by atoms with E-state index in [1.165, 1.54) is 15.9 Å². The summed E-state index contributed by atoms with van der Waals surface area (Å²) in [7, 11) is -1.87. The van der Waals surface area contributed by atoms with E-state index in [0.717, 1.165) is 6.16 Å². The lowest BCUT2D eigenvalue weighted by molar-refractivity contribution is -0.143. The summed E-state index contributed by atoms with van der Waals surface area (Å²) < 4.78 is 16.3. The molecule has 0 fully saturated rings. The zero-order valence-electron chi connectivity index (χ0n) is 18.3. The minimum atomic E-state index is -1.87. The van der Waals surface area contributed by atoms with E-state index in [1.807, 2.05) is 0 Å². The molecule has 168 valence electrons. The molecule has 0 saturated heterocycles. The van der Waals surface area contributed by atoms with E-state index in [9.17, 15) is 4.79 Å². The Morgan fingerprint density at radius 3 is 1.47 bits per heavy atom. The Kier molecular flexibility index (Phi) is 9.86. The van der Waals surface area contributed by atoms with E-state index in [2.05, 4.69) is 91.0 Å². The molecular weight excluding hydrogens is 421 g/mol. The molecule has 3 rings (SSSR count). The molecule has 0 aliphatic heterocycles. The fourth-order valence-electron chi connectivity index (χ4n) is 3.68. The number of carbonyl (C=O) groups excluding carboxylic acids is 1. The minimum absolute atomic E-state index is 0.113. The van der Waals surface area contributed by atoms with Gasteiger partial charge in [0.1, 0.15) is 29.8 Å². The van der Waals surface area contributed by atoms with Crippen molar-refractivity contribution in [2.45, 2.75) is 0 Å². The second kappa shape index (κ2) is 13.1. The third kappa shape index (κ3) is 6.47. The molecule has 32 heavy (non-hydrogen) atoms. The number of ether oxygens (including phenoxy) is 3. The van der Waals surface area contributed by atoms with E-state index in [1.54, 1.807) is 0 Å². The zero-order chi connectivity index (χ0) is 22.5. The Labute approximate surface area is 190 Å². The Morgan fingerprint density at radius 1 is 0.625 bits per heavy atom. The van der Waals surface area contributed by atoms with Crippen LogP contribution in [-0.4, -0.2) is 51.7 Å². The first-order valence-electron chi connectivity index (χ1n) is 10.8. The van der Waals surface area contributed by atoms with Crippen LogP contribution in [0.4, 0.5) is 0 Å². The van der Waals surface area contributed by atoms with Crippen LogP contribution >= 0.6 is 7.26 Å². The second-order valence-corrected chi connectivity index (χ2v) is 10.8. The summed E-state index contributed by atoms with van der Waals surface area (Å²) in [5, 5.41) is 4.04. The third-order valence-corrected chi connectivity index (χ3v) is 9.58. The number of benzene rings is 3. The molecule has 0 heterocycles. The van der Waals surface area contributed by atoms with Gasteiger partial charge in [-0.05, 0) is 36.4 Å². The molecule has 3 aromatic rings. The van der Waals surface area contributed by atoms with Crippen molar-refractivity contribution in [3.8, 4) is 0 Å². The van der Waals surface area contributed by atoms with Crippen LogP contribution in [-0.2, 0) is 19.0 Å². The molecule has 0 spiro atoms. The van der Waals surface area contributed by atoms with Gasteiger partial charge in [-0.25, -0.2) is 0 Å². The quantitative estimate of drug-likeness (QED) is 0.245. The van der Waals surface area contributed by atoms with Gasteiger partial charge in [0.15, 0.2) is 0 Å². The summed E-state index contributed by atoms with van der Waals surface area (Å²) in [6.45, 7) is 2.00. The normalized spacial score (nSPS) is 11.3. The van der Waals surface area contributed by atoms with Crippen LogP contribution in [0, 0.1) is 0 Å². The molecule has 0 aliphatic carbocycles. The summed E-state index contributed by atoms with van der Waals surface area (Å²) in [5.41, 5.74) is 5.20. The van der Waals surface area contributed by atoms with Crippen molar-refractivity contribution in [3.05, 3.63) is 91.0 Å². The van der Waals surface area contributed by atoms with Gasteiger partial charge in [0, 0.05) is 0 Å². The van der Waals surface area contributed by atoms with Crippen LogP contribution in [0.5, 0.6) is 0 Å². The van der Waals surface area contributed by atoms with Crippen LogP contribution < -0.4 is 21.6 Å². The standard InChI is InChI=1S/C26H31NO4P/c27-22-26(28)31-19-18-29-16-17-30-20-21-32(23-10-4-1-5-11-23,24-12-6-2-7-13-24)25-14-8-3-9-15-25/h1-15H,16-22,27H2/q+1. The highest BCUT2D eigenvalue weighted by atomic mass is 31.2. The van der Waals surface area contributed by atoms with Gasteiger partial charge in [0.25, 0.3) is 0 Å². The monoisotopic (exact) mass is 452 g/mol. The largest absolute Gasteiger partial charge is 0.462 e. The average molecular weight is 453 g/mol. The molecule has 0 radical (unpaired) electrons. The molecule has 2 N–H and O–H groups in total. The van der Waals surface area contributed by atoms with Crippen LogP contribution in [0.15, 0.2) is 91.0 Å². The van der Waals surface area contributed by atoms with Gasteiger partial charge in [-0.3, -0.25) is 4.79 Å². The van der Waals surface area contributed by atoms with Crippen LogP contribution in [0.1, 0.15) is 0 Å². The summed E-state index contributed by atoms with van der Waals surface area (Å²) >= 11 is 0. The highest BCUT2D eigenvalue weighted by Gasteiger charge is 2.44. The maximum absolute atomic E-state index is 11.0. The first-order chi connectivity index (χ1) is 15.8. The number of nitrogens with two attached hydrogens (primary N) is 1. The van der Waals surface area contributed by atoms with Gasteiger partial charge in [-0.2, -0.15) is 0 Å². The van der Waals surface area contributed by atoms with Crippen LogP contribution in [0.3, 0.4) is 0 Å². The lowest BCUT2D eigenvalue weighted by atomic mass is 10.4. The molecule has 0 aromatic heterocycles. The number of hydrogen-bond acceptors (Lipinski definition) is 5. The number of hydrogen-bond donors (Lipinski definition) is 1. The SMILES string of the molecule is NCC(=O)OCCOCCOCC[P+](c1ccccc1)(c1ccccc1)c1ccccc1. The lowest BCUT2D eigenvalue weighted by Gasteiger charge is -2.27. The van der Waals surface area contributed by atoms with Gasteiger partial charge in [-0.15, -0.1) is 0 Å². The van der Waals surface area contributed by atoms with Crippen molar-refractivity contribution in [1.29, 1.82) is 0 Å². The van der Waals surface area contributed by atoms with E-state index in [-0.39, 0.29) is 13.2 Å². The minimum Gasteiger partial charge on any atom is -0.462 e. The van der Waals surface area contributed by atoms with E-state index >= 15 is 0 Å². The van der Waals surface area contributed by atoms with Crippen molar-refractivity contribution in [2.75, 3.05) is 45.7 Å². The number of esters is 1. The fourth-order valence-corrected chi connectivity index (χ4v) is 7.79. The van der Waals surface area contributed by atoms with Gasteiger partial charge >= 0.3 is 5.97 Å². The van der Waals surface area contributed by atoms with Crippen molar-refractivity contribution >= 4 is 29.1 Å². The topological polar surface area (TPSA) is 70.8 Å².